The molecule has 0 saturated heterocycles. The Bertz CT molecular complexity index is 1290. The van der Waals surface area contributed by atoms with Crippen LogP contribution in [-0.2, 0) is 0 Å². The van der Waals surface area contributed by atoms with Crippen LogP contribution >= 0.6 is 45.1 Å². The number of thioether (sulfide) groups is 2. The van der Waals surface area contributed by atoms with E-state index in [9.17, 15) is 0 Å². The molecule has 0 fully saturated rings. The van der Waals surface area contributed by atoms with Gasteiger partial charge in [-0.3, -0.25) is 0 Å². The average Bonchev–Trinajstić information content (AvgIpc) is 2.89. The second-order valence-electron chi connectivity index (χ2n) is 6.65. The van der Waals surface area contributed by atoms with Gasteiger partial charge >= 0.3 is 0 Å². The molecule has 4 aromatic rings. The van der Waals surface area contributed by atoms with Crippen molar-refractivity contribution < 1.29 is 0 Å². The van der Waals surface area contributed by atoms with Crippen LogP contribution in [0.5, 0.6) is 0 Å². The van der Waals surface area contributed by atoms with Gasteiger partial charge < -0.3 is 0 Å². The summed E-state index contributed by atoms with van der Waals surface area (Å²) in [5, 5.41) is 19.3. The minimum absolute atomic E-state index is 0.767. The van der Waals surface area contributed by atoms with E-state index in [2.05, 4.69) is 30.4 Å². The Morgan fingerprint density at radius 1 is 0.618 bits per heavy atom. The number of hydrogen-bond acceptors (Lipinski definition) is 10. The predicted octanol–water partition coefficient (Wildman–Crippen LogP) is 6.97. The Morgan fingerprint density at radius 2 is 1.06 bits per heavy atom. The molecule has 2 heterocycles. The second kappa shape index (κ2) is 12.7. The van der Waals surface area contributed by atoms with E-state index in [0.717, 1.165) is 41.9 Å². The second-order valence-corrected chi connectivity index (χ2v) is 10.9. The summed E-state index contributed by atoms with van der Waals surface area (Å²) >= 11 is 3.05. The van der Waals surface area contributed by atoms with Gasteiger partial charge in [0, 0.05) is 10.8 Å². The summed E-state index contributed by atoms with van der Waals surface area (Å²) in [6, 6.07) is 23.9. The summed E-state index contributed by atoms with van der Waals surface area (Å²) in [4.78, 5) is 9.16. The fourth-order valence-corrected chi connectivity index (χ4v) is 6.40. The van der Waals surface area contributed by atoms with Crippen LogP contribution in [0, 0.1) is 0 Å². The number of pyridine rings is 2. The van der Waals surface area contributed by atoms with Crippen molar-refractivity contribution in [2.45, 2.75) is 0 Å². The molecule has 34 heavy (non-hydrogen) atoms. The molecule has 0 aliphatic rings. The van der Waals surface area contributed by atoms with Crippen LogP contribution in [0.2, 0.25) is 0 Å². The molecule has 2 aromatic heterocycles. The lowest BCUT2D eigenvalue weighted by atomic mass is 10.2. The van der Waals surface area contributed by atoms with Gasteiger partial charge in [-0.1, -0.05) is 48.5 Å². The highest BCUT2D eigenvalue weighted by atomic mass is 33.1. The molecule has 0 atom stereocenters. The number of benzene rings is 2. The third-order valence-electron chi connectivity index (χ3n) is 4.43. The van der Waals surface area contributed by atoms with Crippen molar-refractivity contribution >= 4 is 88.1 Å². The van der Waals surface area contributed by atoms with E-state index in [0.29, 0.717) is 0 Å². The molecule has 170 valence electrons. The molecule has 6 nitrogen and oxygen atoms in total. The summed E-state index contributed by atoms with van der Waals surface area (Å²) in [5.41, 5.74) is 3.41. The standard InChI is InChI=1S/C24H20N6S4/c1-31-23(29-25-15-19-13-11-17-7-3-5-9-21(17)27-19)33-34-24(32-2)30-26-16-20-14-12-18-8-4-6-10-22(18)28-20/h3-16H,1-2H3/b25-15-,26-16+,29-23-,30-24+. The van der Waals surface area contributed by atoms with Crippen LogP contribution in [-0.4, -0.2) is 43.7 Å². The maximum absolute atomic E-state index is 4.58. The number of hydrogen-bond donors (Lipinski definition) is 0. The molecule has 10 heteroatoms. The zero-order chi connectivity index (χ0) is 23.6. The Morgan fingerprint density at radius 3 is 1.50 bits per heavy atom. The maximum atomic E-state index is 4.58. The van der Waals surface area contributed by atoms with Crippen molar-refractivity contribution in [2.24, 2.45) is 20.4 Å². The van der Waals surface area contributed by atoms with Crippen molar-refractivity contribution in [3.63, 3.8) is 0 Å². The molecular formula is C24H20N6S4. The first kappa shape index (κ1) is 24.5. The van der Waals surface area contributed by atoms with Gasteiger partial charge in [-0.2, -0.15) is 10.2 Å². The monoisotopic (exact) mass is 520 g/mol. The molecule has 2 aromatic carbocycles. The predicted molar refractivity (Wildman–Crippen MR) is 156 cm³/mol. The number of rotatable bonds is 4. The SMILES string of the molecule is CS/C(=N/N=C\c1ccc2ccccc2n1)SS/C(=N/N=C/c1ccc2ccccc2n1)SC. The number of para-hydroxylation sites is 2. The lowest BCUT2D eigenvalue weighted by molar-refractivity contribution is 1.26. The Balaban J connectivity index is 1.36. The van der Waals surface area contributed by atoms with Crippen LogP contribution in [0.15, 0.2) is 93.2 Å². The first-order valence-corrected chi connectivity index (χ1v) is 14.7. The lowest BCUT2D eigenvalue weighted by Gasteiger charge is -2.01. The normalized spacial score (nSPS) is 13.0. The number of fused-ring (bicyclic) bond motifs is 2. The summed E-state index contributed by atoms with van der Waals surface area (Å²) in [6.07, 6.45) is 7.27. The minimum Gasteiger partial charge on any atom is -0.247 e. The number of nitrogens with zero attached hydrogens (tertiary/aromatic N) is 6. The minimum atomic E-state index is 0.767. The zero-order valence-electron chi connectivity index (χ0n) is 18.4. The van der Waals surface area contributed by atoms with E-state index < -0.39 is 0 Å². The molecular weight excluding hydrogens is 501 g/mol. The molecule has 0 unspecified atom stereocenters. The quantitative estimate of drug-likeness (QED) is 0.125. The molecule has 0 N–H and O–H groups in total. The Kier molecular flexibility index (Phi) is 9.14. The molecule has 0 saturated carbocycles. The van der Waals surface area contributed by atoms with Gasteiger partial charge in [-0.15, -0.1) is 33.7 Å². The molecule has 0 spiro atoms. The molecule has 0 amide bonds. The topological polar surface area (TPSA) is 75.2 Å². The molecule has 0 bridgehead atoms. The fourth-order valence-electron chi connectivity index (χ4n) is 2.83. The van der Waals surface area contributed by atoms with E-state index in [1.807, 2.05) is 85.3 Å². The van der Waals surface area contributed by atoms with E-state index in [-0.39, 0.29) is 0 Å². The van der Waals surface area contributed by atoms with Gasteiger partial charge in [-0.05, 0) is 58.4 Å². The molecule has 0 radical (unpaired) electrons. The summed E-state index contributed by atoms with van der Waals surface area (Å²) < 4.78 is 1.62. The third-order valence-corrected chi connectivity index (χ3v) is 9.16. The van der Waals surface area contributed by atoms with Gasteiger partial charge in [0.25, 0.3) is 0 Å². The molecule has 0 aliphatic carbocycles. The fraction of sp³-hybridized carbons (Fsp3) is 0.0833. The zero-order valence-corrected chi connectivity index (χ0v) is 21.7. The van der Waals surface area contributed by atoms with Crippen LogP contribution in [0.25, 0.3) is 21.8 Å². The first-order valence-electron chi connectivity index (χ1n) is 10.1. The van der Waals surface area contributed by atoms with Crippen molar-refractivity contribution in [2.75, 3.05) is 12.5 Å². The summed E-state index contributed by atoms with van der Waals surface area (Å²) in [7, 11) is 2.99. The molecule has 0 aliphatic heterocycles. The summed E-state index contributed by atoms with van der Waals surface area (Å²) in [5.74, 6) is 0. The highest BCUT2D eigenvalue weighted by Crippen LogP contribution is 2.32. The van der Waals surface area contributed by atoms with Crippen LogP contribution in [0.1, 0.15) is 11.4 Å². The number of aromatic nitrogens is 2. The maximum Gasteiger partial charge on any atom is 0.163 e. The van der Waals surface area contributed by atoms with E-state index in [4.69, 9.17) is 0 Å². The summed E-state index contributed by atoms with van der Waals surface area (Å²) in [6.45, 7) is 0. The van der Waals surface area contributed by atoms with Crippen LogP contribution in [0.4, 0.5) is 0 Å². The van der Waals surface area contributed by atoms with Crippen molar-refractivity contribution in [1.82, 2.24) is 9.97 Å². The van der Waals surface area contributed by atoms with Crippen LogP contribution < -0.4 is 0 Å². The highest BCUT2D eigenvalue weighted by molar-refractivity contribution is 8.93. The van der Waals surface area contributed by atoms with Crippen molar-refractivity contribution in [3.8, 4) is 0 Å². The van der Waals surface area contributed by atoms with Gasteiger partial charge in [0.05, 0.1) is 34.9 Å². The van der Waals surface area contributed by atoms with Crippen molar-refractivity contribution in [3.05, 3.63) is 84.2 Å². The highest BCUT2D eigenvalue weighted by Gasteiger charge is 2.05. The largest absolute Gasteiger partial charge is 0.247 e. The van der Waals surface area contributed by atoms with Gasteiger partial charge in [0.15, 0.2) is 8.75 Å². The van der Waals surface area contributed by atoms with Crippen molar-refractivity contribution in [1.29, 1.82) is 0 Å². The first-order chi connectivity index (χ1) is 16.7. The van der Waals surface area contributed by atoms with Crippen LogP contribution in [0.3, 0.4) is 0 Å². The smallest absolute Gasteiger partial charge is 0.163 e. The third kappa shape index (κ3) is 6.92. The van der Waals surface area contributed by atoms with E-state index in [1.54, 1.807) is 12.4 Å². The van der Waals surface area contributed by atoms with E-state index in [1.165, 1.54) is 45.1 Å². The Hall–Kier alpha value is -2.66. The van der Waals surface area contributed by atoms with Gasteiger partial charge in [0.1, 0.15) is 0 Å². The Labute approximate surface area is 214 Å². The van der Waals surface area contributed by atoms with Gasteiger partial charge in [-0.25, -0.2) is 9.97 Å². The molecule has 4 rings (SSSR count). The lowest BCUT2D eigenvalue weighted by Crippen LogP contribution is -1.89. The average molecular weight is 521 g/mol. The van der Waals surface area contributed by atoms with Gasteiger partial charge in [0.2, 0.25) is 0 Å². The van der Waals surface area contributed by atoms with E-state index >= 15 is 0 Å².